The third-order valence-corrected chi connectivity index (χ3v) is 2.72. The van der Waals surface area contributed by atoms with Crippen LogP contribution < -0.4 is 0 Å². The number of carbonyl (C=O) groups excluding carboxylic acids is 1. The first-order valence-corrected chi connectivity index (χ1v) is 5.39. The molecule has 16 heavy (non-hydrogen) atoms. The highest BCUT2D eigenvalue weighted by molar-refractivity contribution is 5.73. The van der Waals surface area contributed by atoms with Gasteiger partial charge in [-0.3, -0.25) is 9.78 Å². The number of hydrogen-bond donors (Lipinski definition) is 1. The van der Waals surface area contributed by atoms with Gasteiger partial charge in [-0.05, 0) is 18.1 Å². The van der Waals surface area contributed by atoms with E-state index in [4.69, 9.17) is 5.11 Å². The Hall–Kier alpha value is -1.42. The molecule has 1 heterocycles. The van der Waals surface area contributed by atoms with E-state index < -0.39 is 0 Å². The van der Waals surface area contributed by atoms with Crippen molar-refractivity contribution >= 4 is 5.91 Å². The highest BCUT2D eigenvalue weighted by Gasteiger charge is 2.18. The van der Waals surface area contributed by atoms with Crippen LogP contribution in [0.3, 0.4) is 0 Å². The predicted octanol–water partition coefficient (Wildman–Crippen LogP) is 1.50. The standard InChI is InChI=1S/C12H18N2O2/c1-4-12(14(3)9(2)16)11-6-5-10(8-15)7-13-11/h5-7,12,15H,4,8H2,1-3H3. The molecule has 4 nitrogen and oxygen atoms in total. The van der Waals surface area contributed by atoms with Crippen molar-refractivity contribution in [1.82, 2.24) is 9.88 Å². The van der Waals surface area contributed by atoms with Gasteiger partial charge in [-0.2, -0.15) is 0 Å². The van der Waals surface area contributed by atoms with Crippen LogP contribution in [0.15, 0.2) is 18.3 Å². The maximum Gasteiger partial charge on any atom is 0.219 e. The molecule has 0 aliphatic rings. The first-order valence-electron chi connectivity index (χ1n) is 5.39. The van der Waals surface area contributed by atoms with Crippen molar-refractivity contribution in [1.29, 1.82) is 0 Å². The van der Waals surface area contributed by atoms with E-state index in [1.165, 1.54) is 0 Å². The molecule has 1 N–H and O–H groups in total. The molecule has 1 unspecified atom stereocenters. The number of hydrogen-bond acceptors (Lipinski definition) is 3. The number of nitrogens with zero attached hydrogens (tertiary/aromatic N) is 2. The molecule has 1 atom stereocenters. The van der Waals surface area contributed by atoms with Crippen molar-refractivity contribution in [2.75, 3.05) is 7.05 Å². The topological polar surface area (TPSA) is 53.4 Å². The van der Waals surface area contributed by atoms with Gasteiger partial charge in [0, 0.05) is 20.2 Å². The highest BCUT2D eigenvalue weighted by Crippen LogP contribution is 2.21. The van der Waals surface area contributed by atoms with E-state index in [0.717, 1.165) is 17.7 Å². The Morgan fingerprint density at radius 1 is 1.56 bits per heavy atom. The Labute approximate surface area is 95.9 Å². The molecule has 0 saturated heterocycles. The summed E-state index contributed by atoms with van der Waals surface area (Å²) in [6, 6.07) is 3.70. The van der Waals surface area contributed by atoms with Gasteiger partial charge in [0.2, 0.25) is 5.91 Å². The fraction of sp³-hybridized carbons (Fsp3) is 0.500. The number of pyridine rings is 1. The summed E-state index contributed by atoms with van der Waals surface area (Å²) in [4.78, 5) is 17.3. The molecule has 0 radical (unpaired) electrons. The monoisotopic (exact) mass is 222 g/mol. The van der Waals surface area contributed by atoms with E-state index in [1.54, 1.807) is 25.1 Å². The molecule has 0 fully saturated rings. The van der Waals surface area contributed by atoms with Gasteiger partial charge < -0.3 is 10.0 Å². The zero-order valence-electron chi connectivity index (χ0n) is 9.97. The molecule has 1 amide bonds. The molecule has 0 aliphatic heterocycles. The lowest BCUT2D eigenvalue weighted by Gasteiger charge is -2.25. The Morgan fingerprint density at radius 3 is 2.62 bits per heavy atom. The Balaban J connectivity index is 2.90. The van der Waals surface area contributed by atoms with Gasteiger partial charge in [-0.1, -0.05) is 13.0 Å². The highest BCUT2D eigenvalue weighted by atomic mass is 16.3. The molecule has 88 valence electrons. The minimum Gasteiger partial charge on any atom is -0.392 e. The lowest BCUT2D eigenvalue weighted by Crippen LogP contribution is -2.29. The van der Waals surface area contributed by atoms with Crippen LogP contribution in [0.1, 0.15) is 37.6 Å². The zero-order valence-corrected chi connectivity index (χ0v) is 9.97. The summed E-state index contributed by atoms with van der Waals surface area (Å²) in [5, 5.41) is 8.92. The van der Waals surface area contributed by atoms with Crippen LogP contribution in [0.4, 0.5) is 0 Å². The summed E-state index contributed by atoms with van der Waals surface area (Å²) in [6.07, 6.45) is 2.47. The number of carbonyl (C=O) groups is 1. The number of aliphatic hydroxyl groups is 1. The van der Waals surface area contributed by atoms with Crippen molar-refractivity contribution < 1.29 is 9.90 Å². The second kappa shape index (κ2) is 5.61. The normalized spacial score (nSPS) is 12.2. The van der Waals surface area contributed by atoms with Gasteiger partial charge in [0.25, 0.3) is 0 Å². The van der Waals surface area contributed by atoms with E-state index in [2.05, 4.69) is 4.98 Å². The van der Waals surface area contributed by atoms with Crippen molar-refractivity contribution in [2.45, 2.75) is 32.9 Å². The maximum atomic E-state index is 11.3. The zero-order chi connectivity index (χ0) is 12.1. The van der Waals surface area contributed by atoms with Crippen molar-refractivity contribution in [3.63, 3.8) is 0 Å². The summed E-state index contributed by atoms with van der Waals surface area (Å²) in [5.74, 6) is 0.0277. The molecular formula is C12H18N2O2. The average Bonchev–Trinajstić information content (AvgIpc) is 2.30. The fourth-order valence-electron chi connectivity index (χ4n) is 1.63. The van der Waals surface area contributed by atoms with Crippen molar-refractivity contribution in [3.05, 3.63) is 29.6 Å². The van der Waals surface area contributed by atoms with Crippen LogP contribution >= 0.6 is 0 Å². The number of aliphatic hydroxyl groups excluding tert-OH is 1. The molecule has 4 heteroatoms. The molecule has 0 bridgehead atoms. The Bertz CT molecular complexity index is 349. The maximum absolute atomic E-state index is 11.3. The summed E-state index contributed by atoms with van der Waals surface area (Å²) in [6.45, 7) is 3.56. The van der Waals surface area contributed by atoms with E-state index in [-0.39, 0.29) is 18.6 Å². The van der Waals surface area contributed by atoms with E-state index in [1.807, 2.05) is 19.1 Å². The predicted molar refractivity (Wildman–Crippen MR) is 61.6 cm³/mol. The smallest absolute Gasteiger partial charge is 0.219 e. The fourth-order valence-corrected chi connectivity index (χ4v) is 1.63. The summed E-state index contributed by atoms with van der Waals surface area (Å²) in [7, 11) is 1.78. The largest absolute Gasteiger partial charge is 0.392 e. The van der Waals surface area contributed by atoms with Gasteiger partial charge >= 0.3 is 0 Å². The van der Waals surface area contributed by atoms with E-state index in [9.17, 15) is 4.79 Å². The lowest BCUT2D eigenvalue weighted by atomic mass is 10.1. The quantitative estimate of drug-likeness (QED) is 0.840. The summed E-state index contributed by atoms with van der Waals surface area (Å²) < 4.78 is 0. The average molecular weight is 222 g/mol. The van der Waals surface area contributed by atoms with Crippen LogP contribution in [0.5, 0.6) is 0 Å². The van der Waals surface area contributed by atoms with E-state index >= 15 is 0 Å². The third kappa shape index (κ3) is 2.79. The molecule has 0 spiro atoms. The first-order chi connectivity index (χ1) is 7.60. The molecule has 0 aromatic carbocycles. The van der Waals surface area contributed by atoms with Crippen LogP contribution in [0.2, 0.25) is 0 Å². The number of aromatic nitrogens is 1. The Morgan fingerprint density at radius 2 is 2.25 bits per heavy atom. The molecule has 1 aromatic heterocycles. The van der Waals surface area contributed by atoms with Crippen LogP contribution in [-0.2, 0) is 11.4 Å². The van der Waals surface area contributed by atoms with Gasteiger partial charge in [0.05, 0.1) is 18.3 Å². The second-order valence-corrected chi connectivity index (χ2v) is 3.80. The van der Waals surface area contributed by atoms with Crippen LogP contribution in [0, 0.1) is 0 Å². The minimum atomic E-state index is -0.00732. The van der Waals surface area contributed by atoms with Gasteiger partial charge in [0.15, 0.2) is 0 Å². The van der Waals surface area contributed by atoms with E-state index in [0.29, 0.717) is 0 Å². The van der Waals surface area contributed by atoms with Gasteiger partial charge in [-0.25, -0.2) is 0 Å². The molecule has 1 rings (SSSR count). The SMILES string of the molecule is CCC(c1ccc(CO)cn1)N(C)C(C)=O. The molecule has 1 aromatic rings. The second-order valence-electron chi connectivity index (χ2n) is 3.80. The Kier molecular flexibility index (Phi) is 4.43. The number of rotatable bonds is 4. The van der Waals surface area contributed by atoms with Crippen molar-refractivity contribution in [2.24, 2.45) is 0 Å². The van der Waals surface area contributed by atoms with Crippen LogP contribution in [-0.4, -0.2) is 27.9 Å². The first kappa shape index (κ1) is 12.6. The molecule has 0 aliphatic carbocycles. The molecular weight excluding hydrogens is 204 g/mol. The summed E-state index contributed by atoms with van der Waals surface area (Å²) >= 11 is 0. The number of amides is 1. The van der Waals surface area contributed by atoms with Gasteiger partial charge in [-0.15, -0.1) is 0 Å². The third-order valence-electron chi connectivity index (χ3n) is 2.72. The summed E-state index contributed by atoms with van der Waals surface area (Å²) in [5.41, 5.74) is 1.64. The molecule has 0 saturated carbocycles. The minimum absolute atomic E-state index is 0.00485. The lowest BCUT2D eigenvalue weighted by molar-refractivity contribution is -0.129. The van der Waals surface area contributed by atoms with Crippen molar-refractivity contribution in [3.8, 4) is 0 Å². The van der Waals surface area contributed by atoms with Crippen LogP contribution in [0.25, 0.3) is 0 Å². The van der Waals surface area contributed by atoms with Gasteiger partial charge in [0.1, 0.15) is 0 Å².